The fourth-order valence-electron chi connectivity index (χ4n) is 2.73. The zero-order valence-corrected chi connectivity index (χ0v) is 15.3. The monoisotopic (exact) mass is 380 g/mol. The molecule has 0 amide bonds. The van der Waals surface area contributed by atoms with E-state index in [9.17, 15) is 4.39 Å². The molecule has 0 spiro atoms. The van der Waals surface area contributed by atoms with Gasteiger partial charge in [0.1, 0.15) is 22.7 Å². The molecule has 0 unspecified atom stereocenters. The van der Waals surface area contributed by atoms with E-state index in [4.69, 9.17) is 9.47 Å². The maximum atomic E-state index is 13.2. The molecule has 0 saturated heterocycles. The van der Waals surface area contributed by atoms with Gasteiger partial charge in [0.2, 0.25) is 5.88 Å². The quantitative estimate of drug-likeness (QED) is 0.406. The van der Waals surface area contributed by atoms with Crippen LogP contribution >= 0.6 is 11.3 Å². The van der Waals surface area contributed by atoms with Crippen LogP contribution in [0.1, 0.15) is 6.42 Å². The lowest BCUT2D eigenvalue weighted by atomic mass is 10.1. The van der Waals surface area contributed by atoms with E-state index >= 15 is 0 Å². The van der Waals surface area contributed by atoms with Crippen LogP contribution in [0.25, 0.3) is 21.3 Å². The molecule has 2 heterocycles. The normalized spacial score (nSPS) is 10.9. The molecule has 27 heavy (non-hydrogen) atoms. The van der Waals surface area contributed by atoms with Gasteiger partial charge in [-0.05, 0) is 29.8 Å². The van der Waals surface area contributed by atoms with Crippen LogP contribution in [-0.4, -0.2) is 23.2 Å². The van der Waals surface area contributed by atoms with Gasteiger partial charge in [-0.3, -0.25) is 0 Å². The highest BCUT2D eigenvalue weighted by molar-refractivity contribution is 7.17. The molecule has 0 aliphatic carbocycles. The molecule has 0 fully saturated rings. The number of hydrogen-bond donors (Lipinski definition) is 0. The van der Waals surface area contributed by atoms with Crippen molar-refractivity contribution in [2.75, 3.05) is 13.2 Å². The molecule has 0 atom stereocenters. The van der Waals surface area contributed by atoms with Gasteiger partial charge in [-0.15, -0.1) is 11.3 Å². The van der Waals surface area contributed by atoms with Crippen molar-refractivity contribution in [3.05, 3.63) is 72.1 Å². The minimum Gasteiger partial charge on any atom is -0.493 e. The van der Waals surface area contributed by atoms with Crippen LogP contribution in [0, 0.1) is 5.82 Å². The van der Waals surface area contributed by atoms with Gasteiger partial charge in [-0.2, -0.15) is 0 Å². The molecule has 2 aromatic carbocycles. The van der Waals surface area contributed by atoms with Crippen molar-refractivity contribution >= 4 is 21.6 Å². The summed E-state index contributed by atoms with van der Waals surface area (Å²) in [7, 11) is 0. The predicted molar refractivity (Wildman–Crippen MR) is 105 cm³/mol. The first-order valence-corrected chi connectivity index (χ1v) is 9.48. The van der Waals surface area contributed by atoms with Gasteiger partial charge in [0, 0.05) is 17.4 Å². The Hall–Kier alpha value is -2.99. The van der Waals surface area contributed by atoms with Crippen LogP contribution < -0.4 is 9.47 Å². The number of thiophene rings is 1. The van der Waals surface area contributed by atoms with Gasteiger partial charge in [0.25, 0.3) is 0 Å². The van der Waals surface area contributed by atoms with Crippen molar-refractivity contribution in [2.24, 2.45) is 0 Å². The highest BCUT2D eigenvalue weighted by Crippen LogP contribution is 2.37. The van der Waals surface area contributed by atoms with Crippen molar-refractivity contribution in [3.8, 4) is 22.8 Å². The molecule has 2 aromatic heterocycles. The van der Waals surface area contributed by atoms with E-state index in [2.05, 4.69) is 9.97 Å². The highest BCUT2D eigenvalue weighted by Gasteiger charge is 2.14. The van der Waals surface area contributed by atoms with Crippen LogP contribution in [0.2, 0.25) is 0 Å². The number of fused-ring (bicyclic) bond motifs is 1. The average Bonchev–Trinajstić information content (AvgIpc) is 3.14. The lowest BCUT2D eigenvalue weighted by molar-refractivity contribution is 0.244. The molecule has 0 radical (unpaired) electrons. The standard InChI is InChI=1S/C21H17FN2O2S/c22-16-9-7-15(8-10-16)18-13-27-21-19(18)20(23-14-24-21)26-12-4-11-25-17-5-2-1-3-6-17/h1-3,5-10,13-14H,4,11-12H2. The summed E-state index contributed by atoms with van der Waals surface area (Å²) in [6.07, 6.45) is 2.24. The second-order valence-corrected chi connectivity index (χ2v) is 6.74. The van der Waals surface area contributed by atoms with Crippen molar-refractivity contribution in [3.63, 3.8) is 0 Å². The minimum absolute atomic E-state index is 0.260. The number of rotatable bonds is 7. The number of para-hydroxylation sites is 1. The molecule has 0 bridgehead atoms. The Morgan fingerprint density at radius 1 is 0.889 bits per heavy atom. The van der Waals surface area contributed by atoms with Crippen molar-refractivity contribution in [2.45, 2.75) is 6.42 Å². The third kappa shape index (κ3) is 4.06. The molecular weight excluding hydrogens is 363 g/mol. The third-order valence-electron chi connectivity index (χ3n) is 4.03. The van der Waals surface area contributed by atoms with E-state index < -0.39 is 0 Å². The van der Waals surface area contributed by atoms with Gasteiger partial charge in [0.05, 0.1) is 18.6 Å². The summed E-state index contributed by atoms with van der Waals surface area (Å²) < 4.78 is 24.8. The fraction of sp³-hybridized carbons (Fsp3) is 0.143. The molecular formula is C21H17FN2O2S. The molecule has 0 saturated carbocycles. The zero-order chi connectivity index (χ0) is 18.5. The van der Waals surface area contributed by atoms with Crippen LogP contribution in [-0.2, 0) is 0 Å². The third-order valence-corrected chi connectivity index (χ3v) is 4.92. The average molecular weight is 380 g/mol. The van der Waals surface area contributed by atoms with E-state index in [1.54, 1.807) is 12.1 Å². The van der Waals surface area contributed by atoms with E-state index in [0.717, 1.165) is 33.5 Å². The summed E-state index contributed by atoms with van der Waals surface area (Å²) in [5.41, 5.74) is 1.86. The van der Waals surface area contributed by atoms with Crippen LogP contribution in [0.5, 0.6) is 11.6 Å². The summed E-state index contributed by atoms with van der Waals surface area (Å²) in [5.74, 6) is 1.13. The number of benzene rings is 2. The Kier molecular flexibility index (Phi) is 5.25. The Labute approximate surface area is 160 Å². The topological polar surface area (TPSA) is 44.2 Å². The summed E-state index contributed by atoms with van der Waals surface area (Å²) in [5, 5.41) is 2.86. The molecule has 0 N–H and O–H groups in total. The Morgan fingerprint density at radius 3 is 2.48 bits per heavy atom. The molecule has 4 rings (SSSR count). The van der Waals surface area contributed by atoms with Crippen LogP contribution in [0.15, 0.2) is 66.3 Å². The van der Waals surface area contributed by atoms with E-state index in [-0.39, 0.29) is 5.82 Å². The number of hydrogen-bond acceptors (Lipinski definition) is 5. The maximum Gasteiger partial charge on any atom is 0.225 e. The number of halogens is 1. The van der Waals surface area contributed by atoms with E-state index in [0.29, 0.717) is 19.1 Å². The van der Waals surface area contributed by atoms with Crippen molar-refractivity contribution < 1.29 is 13.9 Å². The molecule has 4 aromatic rings. The van der Waals surface area contributed by atoms with Crippen LogP contribution in [0.4, 0.5) is 4.39 Å². The van der Waals surface area contributed by atoms with Gasteiger partial charge >= 0.3 is 0 Å². The fourth-order valence-corrected chi connectivity index (χ4v) is 3.64. The molecule has 0 aliphatic heterocycles. The zero-order valence-electron chi connectivity index (χ0n) is 14.5. The van der Waals surface area contributed by atoms with Gasteiger partial charge in [-0.25, -0.2) is 14.4 Å². The number of ether oxygens (including phenoxy) is 2. The smallest absolute Gasteiger partial charge is 0.225 e. The first kappa shape index (κ1) is 17.4. The van der Waals surface area contributed by atoms with E-state index in [1.165, 1.54) is 29.8 Å². The summed E-state index contributed by atoms with van der Waals surface area (Å²) in [6, 6.07) is 16.1. The number of nitrogens with zero attached hydrogens (tertiary/aromatic N) is 2. The summed E-state index contributed by atoms with van der Waals surface area (Å²) >= 11 is 1.52. The van der Waals surface area contributed by atoms with E-state index in [1.807, 2.05) is 35.7 Å². The number of aromatic nitrogens is 2. The maximum absolute atomic E-state index is 13.2. The largest absolute Gasteiger partial charge is 0.493 e. The summed E-state index contributed by atoms with van der Waals surface area (Å²) in [4.78, 5) is 9.46. The Balaban J connectivity index is 1.45. The first-order chi connectivity index (χ1) is 13.3. The van der Waals surface area contributed by atoms with Crippen LogP contribution in [0.3, 0.4) is 0 Å². The second-order valence-electron chi connectivity index (χ2n) is 5.88. The Morgan fingerprint density at radius 2 is 1.67 bits per heavy atom. The lowest BCUT2D eigenvalue weighted by Gasteiger charge is -2.09. The van der Waals surface area contributed by atoms with Gasteiger partial charge in [0.15, 0.2) is 0 Å². The second kappa shape index (κ2) is 8.14. The Bertz CT molecular complexity index is 1020. The minimum atomic E-state index is -0.260. The lowest BCUT2D eigenvalue weighted by Crippen LogP contribution is -2.06. The molecule has 6 heteroatoms. The molecule has 4 nitrogen and oxygen atoms in total. The predicted octanol–water partition coefficient (Wildman–Crippen LogP) is 5.35. The highest BCUT2D eigenvalue weighted by atomic mass is 32.1. The first-order valence-electron chi connectivity index (χ1n) is 8.60. The van der Waals surface area contributed by atoms with Crippen molar-refractivity contribution in [1.29, 1.82) is 0 Å². The molecule has 136 valence electrons. The SMILES string of the molecule is Fc1ccc(-c2csc3ncnc(OCCCOc4ccccc4)c23)cc1. The van der Waals surface area contributed by atoms with Crippen molar-refractivity contribution in [1.82, 2.24) is 9.97 Å². The van der Waals surface area contributed by atoms with Gasteiger partial charge < -0.3 is 9.47 Å². The molecule has 0 aliphatic rings. The summed E-state index contributed by atoms with van der Waals surface area (Å²) in [6.45, 7) is 1.05. The van der Waals surface area contributed by atoms with Gasteiger partial charge in [-0.1, -0.05) is 30.3 Å².